The van der Waals surface area contributed by atoms with Crippen LogP contribution in [0.4, 0.5) is 0 Å². The van der Waals surface area contributed by atoms with Crippen LogP contribution in [0.3, 0.4) is 0 Å². The van der Waals surface area contributed by atoms with E-state index in [1.165, 1.54) is 0 Å². The standard InChI is InChI=1S/C8H12N2O2.2ClH/c1-11-7-3-4-8(12-2)10-6(7)5-9;;/h3-4H,5,9H2,1-2H3;2*1H. The zero-order valence-corrected chi connectivity index (χ0v) is 9.65. The van der Waals surface area contributed by atoms with Gasteiger partial charge in [0.25, 0.3) is 0 Å². The van der Waals surface area contributed by atoms with Gasteiger partial charge in [-0.25, -0.2) is 4.98 Å². The van der Waals surface area contributed by atoms with Gasteiger partial charge in [-0.2, -0.15) is 0 Å². The molecular formula is C8H14Cl2N2O2. The molecular weight excluding hydrogens is 227 g/mol. The van der Waals surface area contributed by atoms with Crippen LogP contribution in [0.25, 0.3) is 0 Å². The first-order valence-corrected chi connectivity index (χ1v) is 3.59. The third-order valence-corrected chi connectivity index (χ3v) is 1.53. The highest BCUT2D eigenvalue weighted by molar-refractivity contribution is 5.85. The molecule has 0 bridgehead atoms. The monoisotopic (exact) mass is 240 g/mol. The minimum Gasteiger partial charge on any atom is -0.495 e. The van der Waals surface area contributed by atoms with Crippen molar-refractivity contribution in [2.75, 3.05) is 14.2 Å². The summed E-state index contributed by atoms with van der Waals surface area (Å²) in [4.78, 5) is 4.11. The second-order valence-electron chi connectivity index (χ2n) is 2.21. The lowest BCUT2D eigenvalue weighted by atomic mass is 10.3. The van der Waals surface area contributed by atoms with Crippen LogP contribution in [0.15, 0.2) is 12.1 Å². The number of hydrogen-bond donors (Lipinski definition) is 1. The molecule has 82 valence electrons. The van der Waals surface area contributed by atoms with Gasteiger partial charge in [-0.1, -0.05) is 0 Å². The van der Waals surface area contributed by atoms with Crippen molar-refractivity contribution < 1.29 is 9.47 Å². The lowest BCUT2D eigenvalue weighted by molar-refractivity contribution is 0.382. The smallest absolute Gasteiger partial charge is 0.213 e. The Kier molecular flexibility index (Phi) is 8.63. The van der Waals surface area contributed by atoms with Crippen molar-refractivity contribution in [1.82, 2.24) is 4.98 Å². The van der Waals surface area contributed by atoms with E-state index < -0.39 is 0 Å². The van der Waals surface area contributed by atoms with Crippen LogP contribution in [-0.2, 0) is 6.54 Å². The number of aromatic nitrogens is 1. The molecule has 6 heteroatoms. The maximum absolute atomic E-state index is 5.45. The SMILES string of the molecule is COc1ccc(OC)c(CN)n1.Cl.Cl. The van der Waals surface area contributed by atoms with E-state index in [0.29, 0.717) is 23.9 Å². The number of pyridine rings is 1. The lowest BCUT2D eigenvalue weighted by Gasteiger charge is -2.06. The second-order valence-corrected chi connectivity index (χ2v) is 2.21. The third kappa shape index (κ3) is 3.57. The summed E-state index contributed by atoms with van der Waals surface area (Å²) in [5, 5.41) is 0. The predicted octanol–water partition coefficient (Wildman–Crippen LogP) is 1.40. The Balaban J connectivity index is 0. The number of rotatable bonds is 3. The highest BCUT2D eigenvalue weighted by atomic mass is 35.5. The fourth-order valence-electron chi connectivity index (χ4n) is 0.914. The molecule has 1 aromatic rings. The first-order valence-electron chi connectivity index (χ1n) is 3.59. The van der Waals surface area contributed by atoms with Crippen molar-refractivity contribution in [3.05, 3.63) is 17.8 Å². The summed E-state index contributed by atoms with van der Waals surface area (Å²) in [5.74, 6) is 1.24. The van der Waals surface area contributed by atoms with Gasteiger partial charge in [0.05, 0.1) is 19.9 Å². The van der Waals surface area contributed by atoms with E-state index in [2.05, 4.69) is 4.98 Å². The highest BCUT2D eigenvalue weighted by Gasteiger charge is 2.03. The maximum Gasteiger partial charge on any atom is 0.213 e. The van der Waals surface area contributed by atoms with E-state index in [1.807, 2.05) is 0 Å². The first-order chi connectivity index (χ1) is 5.81. The number of nitrogens with two attached hydrogens (primary N) is 1. The molecule has 0 aromatic carbocycles. The van der Waals surface area contributed by atoms with E-state index >= 15 is 0 Å². The van der Waals surface area contributed by atoms with Crippen LogP contribution in [-0.4, -0.2) is 19.2 Å². The molecule has 0 atom stereocenters. The third-order valence-electron chi connectivity index (χ3n) is 1.53. The maximum atomic E-state index is 5.45. The topological polar surface area (TPSA) is 57.4 Å². The molecule has 1 aromatic heterocycles. The van der Waals surface area contributed by atoms with Crippen molar-refractivity contribution in [2.24, 2.45) is 5.73 Å². The molecule has 0 aliphatic rings. The summed E-state index contributed by atoms with van der Waals surface area (Å²) in [7, 11) is 3.15. The predicted molar refractivity (Wildman–Crippen MR) is 59.7 cm³/mol. The van der Waals surface area contributed by atoms with Crippen molar-refractivity contribution in [3.8, 4) is 11.6 Å². The summed E-state index contributed by atoms with van der Waals surface area (Å²) in [6.45, 7) is 0.348. The summed E-state index contributed by atoms with van der Waals surface area (Å²) in [6, 6.07) is 3.52. The summed E-state index contributed by atoms with van der Waals surface area (Å²) in [6.07, 6.45) is 0. The molecule has 0 radical (unpaired) electrons. The van der Waals surface area contributed by atoms with Gasteiger partial charge < -0.3 is 15.2 Å². The van der Waals surface area contributed by atoms with E-state index in [9.17, 15) is 0 Å². The van der Waals surface area contributed by atoms with Crippen LogP contribution in [0.1, 0.15) is 5.69 Å². The van der Waals surface area contributed by atoms with Crippen molar-refractivity contribution in [2.45, 2.75) is 6.54 Å². The molecule has 4 nitrogen and oxygen atoms in total. The van der Waals surface area contributed by atoms with Gasteiger partial charge in [0.2, 0.25) is 5.88 Å². The first kappa shape index (κ1) is 15.7. The van der Waals surface area contributed by atoms with E-state index in [-0.39, 0.29) is 24.8 Å². The molecule has 0 saturated heterocycles. The number of methoxy groups -OCH3 is 2. The minimum atomic E-state index is 0. The van der Waals surface area contributed by atoms with Crippen LogP contribution in [0, 0.1) is 0 Å². The van der Waals surface area contributed by atoms with Crippen molar-refractivity contribution in [3.63, 3.8) is 0 Å². The van der Waals surface area contributed by atoms with E-state index in [0.717, 1.165) is 0 Å². The van der Waals surface area contributed by atoms with Gasteiger partial charge in [-0.05, 0) is 6.07 Å². The zero-order valence-electron chi connectivity index (χ0n) is 8.02. The molecule has 1 heterocycles. The Morgan fingerprint density at radius 3 is 2.29 bits per heavy atom. The average molecular weight is 241 g/mol. The fraction of sp³-hybridized carbons (Fsp3) is 0.375. The number of halogens is 2. The van der Waals surface area contributed by atoms with Gasteiger partial charge >= 0.3 is 0 Å². The molecule has 0 amide bonds. The average Bonchev–Trinajstić information content (AvgIpc) is 2.16. The number of ether oxygens (including phenoxy) is 2. The second kappa shape index (κ2) is 7.67. The van der Waals surface area contributed by atoms with E-state index in [4.69, 9.17) is 15.2 Å². The Morgan fingerprint density at radius 1 is 1.21 bits per heavy atom. The molecule has 2 N–H and O–H groups in total. The highest BCUT2D eigenvalue weighted by Crippen LogP contribution is 2.18. The van der Waals surface area contributed by atoms with Crippen molar-refractivity contribution in [1.29, 1.82) is 0 Å². The molecule has 0 aliphatic heterocycles. The summed E-state index contributed by atoms with van der Waals surface area (Å²) >= 11 is 0. The summed E-state index contributed by atoms with van der Waals surface area (Å²) < 4.78 is 9.97. The fourth-order valence-corrected chi connectivity index (χ4v) is 0.914. The molecule has 0 fully saturated rings. The Labute approximate surface area is 95.6 Å². The molecule has 14 heavy (non-hydrogen) atoms. The van der Waals surface area contributed by atoms with Crippen LogP contribution in [0.2, 0.25) is 0 Å². The Bertz CT molecular complexity index is 272. The minimum absolute atomic E-state index is 0. The van der Waals surface area contributed by atoms with E-state index in [1.54, 1.807) is 26.4 Å². The number of hydrogen-bond acceptors (Lipinski definition) is 4. The van der Waals surface area contributed by atoms with Gasteiger partial charge in [0.15, 0.2) is 0 Å². The largest absolute Gasteiger partial charge is 0.495 e. The lowest BCUT2D eigenvalue weighted by Crippen LogP contribution is -2.03. The quantitative estimate of drug-likeness (QED) is 0.868. The van der Waals surface area contributed by atoms with Crippen LogP contribution < -0.4 is 15.2 Å². The normalized spacial score (nSPS) is 8.21. The molecule has 0 spiro atoms. The number of nitrogens with zero attached hydrogens (tertiary/aromatic N) is 1. The van der Waals surface area contributed by atoms with Crippen molar-refractivity contribution >= 4 is 24.8 Å². The van der Waals surface area contributed by atoms with Crippen LogP contribution in [0.5, 0.6) is 11.6 Å². The molecule has 0 unspecified atom stereocenters. The molecule has 0 aliphatic carbocycles. The van der Waals surface area contributed by atoms with Gasteiger partial charge in [-0.3, -0.25) is 0 Å². The Hall–Kier alpha value is -0.710. The van der Waals surface area contributed by atoms with Gasteiger partial charge in [-0.15, -0.1) is 24.8 Å². The summed E-state index contributed by atoms with van der Waals surface area (Å²) in [5.41, 5.74) is 6.16. The van der Waals surface area contributed by atoms with Gasteiger partial charge in [0, 0.05) is 12.6 Å². The molecule has 1 rings (SSSR count). The zero-order chi connectivity index (χ0) is 8.97. The van der Waals surface area contributed by atoms with Gasteiger partial charge in [0.1, 0.15) is 5.75 Å². The Morgan fingerprint density at radius 2 is 1.86 bits per heavy atom. The van der Waals surface area contributed by atoms with Crippen LogP contribution >= 0.6 is 24.8 Å². The molecule has 0 saturated carbocycles.